The molecule has 1 atom stereocenters. The number of imide groups is 1. The van der Waals surface area contributed by atoms with Crippen LogP contribution in [0.5, 0.6) is 0 Å². The van der Waals surface area contributed by atoms with Crippen molar-refractivity contribution >= 4 is 23.7 Å². The van der Waals surface area contributed by atoms with Crippen molar-refractivity contribution in [2.75, 3.05) is 13.2 Å². The van der Waals surface area contributed by atoms with Crippen LogP contribution < -0.4 is 5.32 Å². The van der Waals surface area contributed by atoms with E-state index >= 15 is 0 Å². The maximum absolute atomic E-state index is 12.7. The second-order valence-corrected chi connectivity index (χ2v) is 7.21. The summed E-state index contributed by atoms with van der Waals surface area (Å²) in [5.74, 6) is -1.92. The number of benzene rings is 2. The summed E-state index contributed by atoms with van der Waals surface area (Å²) in [6, 6.07) is 13.8. The molecule has 3 rings (SSSR count). The summed E-state index contributed by atoms with van der Waals surface area (Å²) in [6.07, 6.45) is 1.31. The number of amides is 3. The Morgan fingerprint density at radius 3 is 2.43 bits per heavy atom. The van der Waals surface area contributed by atoms with Gasteiger partial charge in [-0.15, -0.1) is 0 Å². The summed E-state index contributed by atoms with van der Waals surface area (Å²) in [4.78, 5) is 50.5. The van der Waals surface area contributed by atoms with Crippen LogP contribution in [0.15, 0.2) is 48.5 Å². The number of hydrogen-bond acceptors (Lipinski definition) is 5. The minimum Gasteiger partial charge on any atom is -0.452 e. The lowest BCUT2D eigenvalue weighted by molar-refractivity contribution is -0.124. The maximum atomic E-state index is 12.7. The summed E-state index contributed by atoms with van der Waals surface area (Å²) in [7, 11) is 0. The molecule has 30 heavy (non-hydrogen) atoms. The van der Waals surface area contributed by atoms with Crippen LogP contribution in [0.25, 0.3) is 0 Å². The quantitative estimate of drug-likeness (QED) is 0.535. The molecule has 1 aliphatic heterocycles. The van der Waals surface area contributed by atoms with E-state index in [4.69, 9.17) is 4.74 Å². The minimum atomic E-state index is -0.722. The number of hydrogen-bond donors (Lipinski definition) is 1. The second kappa shape index (κ2) is 9.35. The number of fused-ring (bicyclic) bond motifs is 1. The molecule has 0 fully saturated rings. The Hall–Kier alpha value is -3.48. The number of carbonyl (C=O) groups excluding carboxylic acids is 4. The molecule has 3 amide bonds. The number of ether oxygens (including phenoxy) is 1. The minimum absolute atomic E-state index is 0.0123. The fraction of sp³-hybridized carbons (Fsp3) is 0.304. The Balaban J connectivity index is 1.64. The number of esters is 1. The largest absolute Gasteiger partial charge is 0.452 e. The van der Waals surface area contributed by atoms with Gasteiger partial charge in [-0.05, 0) is 43.5 Å². The average Bonchev–Trinajstić information content (AvgIpc) is 3.00. The Kier molecular flexibility index (Phi) is 6.61. The zero-order valence-electron chi connectivity index (χ0n) is 17.0. The fourth-order valence-corrected chi connectivity index (χ4v) is 3.14. The van der Waals surface area contributed by atoms with Crippen LogP contribution in [-0.2, 0) is 16.0 Å². The first-order valence-electron chi connectivity index (χ1n) is 9.91. The highest BCUT2D eigenvalue weighted by atomic mass is 16.5. The molecule has 0 spiro atoms. The van der Waals surface area contributed by atoms with Gasteiger partial charge in [0.2, 0.25) is 0 Å². The van der Waals surface area contributed by atoms with Gasteiger partial charge in [-0.25, -0.2) is 4.79 Å². The van der Waals surface area contributed by atoms with Gasteiger partial charge >= 0.3 is 5.97 Å². The van der Waals surface area contributed by atoms with Crippen molar-refractivity contribution in [3.8, 4) is 0 Å². The highest BCUT2D eigenvalue weighted by Crippen LogP contribution is 2.24. The van der Waals surface area contributed by atoms with E-state index in [0.717, 1.165) is 12.0 Å². The summed E-state index contributed by atoms with van der Waals surface area (Å²) >= 11 is 0. The van der Waals surface area contributed by atoms with E-state index in [1.807, 2.05) is 44.2 Å². The van der Waals surface area contributed by atoms with Gasteiger partial charge in [0.25, 0.3) is 17.7 Å². The van der Waals surface area contributed by atoms with Crippen LogP contribution in [0.1, 0.15) is 56.9 Å². The van der Waals surface area contributed by atoms with Crippen LogP contribution in [0.4, 0.5) is 0 Å². The van der Waals surface area contributed by atoms with E-state index in [-0.39, 0.29) is 35.2 Å². The van der Waals surface area contributed by atoms with Crippen LogP contribution in [0.3, 0.4) is 0 Å². The van der Waals surface area contributed by atoms with Crippen molar-refractivity contribution in [2.45, 2.75) is 32.7 Å². The molecule has 0 aliphatic carbocycles. The molecule has 156 valence electrons. The highest BCUT2D eigenvalue weighted by molar-refractivity contribution is 6.22. The molecule has 7 heteroatoms. The summed E-state index contributed by atoms with van der Waals surface area (Å²) in [6.45, 7) is 3.64. The van der Waals surface area contributed by atoms with Gasteiger partial charge < -0.3 is 10.1 Å². The third-order valence-corrected chi connectivity index (χ3v) is 5.03. The molecule has 1 aliphatic rings. The number of nitrogens with one attached hydrogen (secondary N) is 1. The number of carbonyl (C=O) groups is 4. The van der Waals surface area contributed by atoms with Crippen molar-refractivity contribution < 1.29 is 23.9 Å². The molecule has 0 unspecified atom stereocenters. The van der Waals surface area contributed by atoms with E-state index in [9.17, 15) is 19.2 Å². The summed E-state index contributed by atoms with van der Waals surface area (Å²) in [5, 5.41) is 2.70. The average molecular weight is 408 g/mol. The SMILES string of the molecule is CC[C@@H](C)NC(=O)COC(=O)c1ccc2c(c1)C(=O)N(CCc1ccccc1)C2=O. The van der Waals surface area contributed by atoms with E-state index in [2.05, 4.69) is 5.32 Å². The first kappa shape index (κ1) is 21.2. The monoisotopic (exact) mass is 408 g/mol. The van der Waals surface area contributed by atoms with Gasteiger partial charge in [0.1, 0.15) is 0 Å². The standard InChI is InChI=1S/C23H24N2O5/c1-3-15(2)24-20(26)14-30-23(29)17-9-10-18-19(13-17)22(28)25(21(18)27)12-11-16-7-5-4-6-8-16/h4-10,13,15H,3,11-12,14H2,1-2H3,(H,24,26)/t15-/m1/s1. The third kappa shape index (κ3) is 4.74. The van der Waals surface area contributed by atoms with Crippen molar-refractivity contribution in [3.05, 3.63) is 70.8 Å². The molecular formula is C23H24N2O5. The topological polar surface area (TPSA) is 92.8 Å². The predicted octanol–water partition coefficient (Wildman–Crippen LogP) is 2.60. The zero-order valence-corrected chi connectivity index (χ0v) is 17.0. The molecule has 2 aromatic carbocycles. The Labute approximate surface area is 175 Å². The third-order valence-electron chi connectivity index (χ3n) is 5.03. The molecule has 0 saturated heterocycles. The van der Waals surface area contributed by atoms with E-state index in [0.29, 0.717) is 6.42 Å². The van der Waals surface area contributed by atoms with Gasteiger partial charge in [-0.3, -0.25) is 19.3 Å². The van der Waals surface area contributed by atoms with Crippen molar-refractivity contribution in [3.63, 3.8) is 0 Å². The van der Waals surface area contributed by atoms with Gasteiger partial charge in [0.05, 0.1) is 16.7 Å². The highest BCUT2D eigenvalue weighted by Gasteiger charge is 2.35. The normalized spacial score (nSPS) is 13.7. The van der Waals surface area contributed by atoms with Crippen molar-refractivity contribution in [2.24, 2.45) is 0 Å². The van der Waals surface area contributed by atoms with Crippen LogP contribution >= 0.6 is 0 Å². The molecule has 1 N–H and O–H groups in total. The van der Waals surface area contributed by atoms with Crippen LogP contribution in [0.2, 0.25) is 0 Å². The van der Waals surface area contributed by atoms with Crippen LogP contribution in [-0.4, -0.2) is 47.8 Å². The predicted molar refractivity (Wildman–Crippen MR) is 110 cm³/mol. The number of nitrogens with zero attached hydrogens (tertiary/aromatic N) is 1. The van der Waals surface area contributed by atoms with Gasteiger partial charge in [0.15, 0.2) is 6.61 Å². The van der Waals surface area contributed by atoms with E-state index < -0.39 is 24.4 Å². The van der Waals surface area contributed by atoms with Crippen molar-refractivity contribution in [1.82, 2.24) is 10.2 Å². The lowest BCUT2D eigenvalue weighted by atomic mass is 10.1. The maximum Gasteiger partial charge on any atom is 0.338 e. The van der Waals surface area contributed by atoms with Crippen molar-refractivity contribution in [1.29, 1.82) is 0 Å². The lowest BCUT2D eigenvalue weighted by Gasteiger charge is -2.13. The molecule has 0 bridgehead atoms. The Morgan fingerprint density at radius 2 is 1.73 bits per heavy atom. The molecule has 7 nitrogen and oxygen atoms in total. The molecule has 0 aromatic heterocycles. The fourth-order valence-electron chi connectivity index (χ4n) is 3.14. The first-order valence-corrected chi connectivity index (χ1v) is 9.91. The molecular weight excluding hydrogens is 384 g/mol. The first-order chi connectivity index (χ1) is 14.4. The van der Waals surface area contributed by atoms with Gasteiger partial charge in [0, 0.05) is 12.6 Å². The smallest absolute Gasteiger partial charge is 0.338 e. The van der Waals surface area contributed by atoms with E-state index in [1.165, 1.54) is 23.1 Å². The van der Waals surface area contributed by atoms with E-state index in [1.54, 1.807) is 0 Å². The molecule has 0 saturated carbocycles. The second-order valence-electron chi connectivity index (χ2n) is 7.21. The lowest BCUT2D eigenvalue weighted by Crippen LogP contribution is -2.35. The summed E-state index contributed by atoms with van der Waals surface area (Å²) in [5.41, 5.74) is 1.58. The number of rotatable bonds is 8. The molecule has 2 aromatic rings. The molecule has 0 radical (unpaired) electrons. The summed E-state index contributed by atoms with van der Waals surface area (Å²) < 4.78 is 5.03. The Morgan fingerprint density at radius 1 is 1.03 bits per heavy atom. The Bertz CT molecular complexity index is 971. The van der Waals surface area contributed by atoms with Gasteiger partial charge in [-0.2, -0.15) is 0 Å². The zero-order chi connectivity index (χ0) is 21.7. The van der Waals surface area contributed by atoms with Gasteiger partial charge in [-0.1, -0.05) is 37.3 Å². The van der Waals surface area contributed by atoms with Crippen LogP contribution in [0, 0.1) is 0 Å². The molecule has 1 heterocycles.